The van der Waals surface area contributed by atoms with Crippen LogP contribution >= 0.6 is 0 Å². The molecule has 0 saturated heterocycles. The van der Waals surface area contributed by atoms with Gasteiger partial charge in [0.2, 0.25) is 0 Å². The van der Waals surface area contributed by atoms with Crippen molar-refractivity contribution in [1.29, 1.82) is 5.26 Å². The van der Waals surface area contributed by atoms with Crippen molar-refractivity contribution >= 4 is 28.6 Å². The monoisotopic (exact) mass is 306 g/mol. The number of aromatic amines is 1. The Morgan fingerprint density at radius 1 is 1.26 bits per heavy atom. The SMILES string of the molecule is CCN(CC)c1ccc(C=C(C#N)c2nc3ccccc3[nH]2)o1. The average Bonchev–Trinajstić information content (AvgIpc) is 3.20. The van der Waals surface area contributed by atoms with E-state index in [4.69, 9.17) is 4.42 Å². The summed E-state index contributed by atoms with van der Waals surface area (Å²) in [5, 5.41) is 9.44. The van der Waals surface area contributed by atoms with Crippen LogP contribution in [0.5, 0.6) is 0 Å². The summed E-state index contributed by atoms with van der Waals surface area (Å²) in [5.41, 5.74) is 2.19. The standard InChI is InChI=1S/C18H18N4O/c1-3-22(4-2)17-10-9-14(23-17)11-13(12-19)18-20-15-7-5-6-8-16(15)21-18/h5-11H,3-4H2,1-2H3,(H,20,21). The minimum atomic E-state index is 0.446. The molecule has 2 heterocycles. The number of para-hydroxylation sites is 2. The smallest absolute Gasteiger partial charge is 0.196 e. The van der Waals surface area contributed by atoms with Gasteiger partial charge in [-0.2, -0.15) is 5.26 Å². The van der Waals surface area contributed by atoms with Crippen LogP contribution in [0.15, 0.2) is 40.8 Å². The second kappa shape index (κ2) is 6.41. The van der Waals surface area contributed by atoms with E-state index in [1.807, 2.05) is 36.4 Å². The van der Waals surface area contributed by atoms with E-state index in [2.05, 4.69) is 34.8 Å². The first kappa shape index (κ1) is 14.9. The molecular weight excluding hydrogens is 288 g/mol. The molecule has 0 unspecified atom stereocenters. The normalized spacial score (nSPS) is 11.6. The number of H-pyrrole nitrogens is 1. The molecule has 23 heavy (non-hydrogen) atoms. The van der Waals surface area contributed by atoms with Crippen LogP contribution in [0, 0.1) is 11.3 Å². The number of fused-ring (bicyclic) bond motifs is 1. The summed E-state index contributed by atoms with van der Waals surface area (Å²) >= 11 is 0. The van der Waals surface area contributed by atoms with Gasteiger partial charge in [0.05, 0.1) is 16.6 Å². The first-order valence-electron chi connectivity index (χ1n) is 7.66. The highest BCUT2D eigenvalue weighted by atomic mass is 16.4. The molecule has 0 atom stereocenters. The van der Waals surface area contributed by atoms with E-state index in [-0.39, 0.29) is 0 Å². The first-order chi connectivity index (χ1) is 11.2. The lowest BCUT2D eigenvalue weighted by atomic mass is 10.2. The molecule has 1 aromatic carbocycles. The van der Waals surface area contributed by atoms with Gasteiger partial charge in [0.25, 0.3) is 0 Å². The molecule has 2 aromatic heterocycles. The number of imidazole rings is 1. The number of hydrogen-bond acceptors (Lipinski definition) is 4. The quantitative estimate of drug-likeness (QED) is 0.721. The van der Waals surface area contributed by atoms with Crippen molar-refractivity contribution in [2.45, 2.75) is 13.8 Å². The Labute approximate surface area is 134 Å². The highest BCUT2D eigenvalue weighted by Crippen LogP contribution is 2.23. The van der Waals surface area contributed by atoms with Crippen LogP contribution < -0.4 is 4.90 Å². The molecule has 0 saturated carbocycles. The number of rotatable bonds is 5. The third-order valence-electron chi connectivity index (χ3n) is 3.74. The average molecular weight is 306 g/mol. The maximum absolute atomic E-state index is 9.44. The molecule has 0 aliphatic carbocycles. The van der Waals surface area contributed by atoms with E-state index >= 15 is 0 Å². The molecule has 5 nitrogen and oxygen atoms in total. The Morgan fingerprint density at radius 3 is 2.74 bits per heavy atom. The lowest BCUT2D eigenvalue weighted by Gasteiger charge is -2.16. The van der Waals surface area contributed by atoms with Gasteiger partial charge < -0.3 is 14.3 Å². The van der Waals surface area contributed by atoms with Crippen LogP contribution in [0.4, 0.5) is 5.88 Å². The molecule has 5 heteroatoms. The summed E-state index contributed by atoms with van der Waals surface area (Å²) in [7, 11) is 0. The van der Waals surface area contributed by atoms with E-state index in [0.29, 0.717) is 17.2 Å². The number of aromatic nitrogens is 2. The predicted octanol–water partition coefficient (Wildman–Crippen LogP) is 4.07. The Bertz CT molecular complexity index is 845. The Hall–Kier alpha value is -3.00. The lowest BCUT2D eigenvalue weighted by Crippen LogP contribution is -2.20. The van der Waals surface area contributed by atoms with Crippen molar-refractivity contribution in [1.82, 2.24) is 9.97 Å². The van der Waals surface area contributed by atoms with Gasteiger partial charge in [-0.25, -0.2) is 4.98 Å². The summed E-state index contributed by atoms with van der Waals surface area (Å²) in [4.78, 5) is 9.74. The Balaban J connectivity index is 1.94. The zero-order valence-corrected chi connectivity index (χ0v) is 13.2. The molecule has 0 spiro atoms. The Kier molecular flexibility index (Phi) is 4.15. The largest absolute Gasteiger partial charge is 0.441 e. The van der Waals surface area contributed by atoms with E-state index in [1.54, 1.807) is 6.08 Å². The number of furan rings is 1. The van der Waals surface area contributed by atoms with Gasteiger partial charge in [-0.3, -0.25) is 0 Å². The molecule has 3 rings (SSSR count). The van der Waals surface area contributed by atoms with Crippen LogP contribution in [0.3, 0.4) is 0 Å². The van der Waals surface area contributed by atoms with Gasteiger partial charge in [0, 0.05) is 25.2 Å². The fourth-order valence-corrected chi connectivity index (χ4v) is 2.50. The fraction of sp³-hybridized carbons (Fsp3) is 0.222. The second-order valence-electron chi connectivity index (χ2n) is 5.12. The van der Waals surface area contributed by atoms with Gasteiger partial charge in [-0.1, -0.05) is 12.1 Å². The molecule has 0 amide bonds. The third kappa shape index (κ3) is 2.97. The number of nitrogens with zero attached hydrogens (tertiary/aromatic N) is 3. The molecule has 0 radical (unpaired) electrons. The van der Waals surface area contributed by atoms with Crippen molar-refractivity contribution in [3.63, 3.8) is 0 Å². The molecule has 0 bridgehead atoms. The second-order valence-corrected chi connectivity index (χ2v) is 5.12. The number of anilines is 1. The summed E-state index contributed by atoms with van der Waals surface area (Å²) in [6, 6.07) is 13.7. The summed E-state index contributed by atoms with van der Waals surface area (Å²) in [5.74, 6) is 2.00. The molecule has 3 aromatic rings. The van der Waals surface area contributed by atoms with E-state index in [9.17, 15) is 5.26 Å². The van der Waals surface area contributed by atoms with Gasteiger partial charge >= 0.3 is 0 Å². The van der Waals surface area contributed by atoms with Crippen LogP contribution in [0.2, 0.25) is 0 Å². The highest BCUT2D eigenvalue weighted by Gasteiger charge is 2.10. The van der Waals surface area contributed by atoms with Crippen LogP contribution in [-0.4, -0.2) is 23.1 Å². The molecule has 1 N–H and O–H groups in total. The highest BCUT2D eigenvalue weighted by molar-refractivity contribution is 5.89. The molecular formula is C18H18N4O. The fourth-order valence-electron chi connectivity index (χ4n) is 2.50. The van der Waals surface area contributed by atoms with Gasteiger partial charge in [0.15, 0.2) is 5.88 Å². The maximum Gasteiger partial charge on any atom is 0.196 e. The minimum absolute atomic E-state index is 0.446. The molecule has 0 fully saturated rings. The van der Waals surface area contributed by atoms with Crippen molar-refractivity contribution in [3.8, 4) is 6.07 Å². The lowest BCUT2D eigenvalue weighted by molar-refractivity contribution is 0.541. The predicted molar refractivity (Wildman–Crippen MR) is 91.8 cm³/mol. The van der Waals surface area contributed by atoms with Crippen LogP contribution in [-0.2, 0) is 0 Å². The summed E-state index contributed by atoms with van der Waals surface area (Å²) in [6.07, 6.45) is 1.71. The third-order valence-corrected chi connectivity index (χ3v) is 3.74. The molecule has 116 valence electrons. The number of nitrogens with one attached hydrogen (secondary N) is 1. The van der Waals surface area contributed by atoms with Crippen LogP contribution in [0.1, 0.15) is 25.4 Å². The van der Waals surface area contributed by atoms with E-state index in [0.717, 1.165) is 30.0 Å². The van der Waals surface area contributed by atoms with Crippen molar-refractivity contribution in [2.24, 2.45) is 0 Å². The zero-order chi connectivity index (χ0) is 16.2. The number of allylic oxidation sites excluding steroid dienone is 1. The van der Waals surface area contributed by atoms with Gasteiger partial charge in [0.1, 0.15) is 17.7 Å². The van der Waals surface area contributed by atoms with Crippen molar-refractivity contribution < 1.29 is 4.42 Å². The number of nitriles is 1. The van der Waals surface area contributed by atoms with Gasteiger partial charge in [-0.15, -0.1) is 0 Å². The van der Waals surface area contributed by atoms with Gasteiger partial charge in [-0.05, 0) is 32.0 Å². The molecule has 0 aliphatic heterocycles. The Morgan fingerprint density at radius 2 is 2.04 bits per heavy atom. The first-order valence-corrected chi connectivity index (χ1v) is 7.66. The molecule has 0 aliphatic rings. The summed E-state index contributed by atoms with van der Waals surface area (Å²) < 4.78 is 5.81. The number of hydrogen-bond donors (Lipinski definition) is 1. The van der Waals surface area contributed by atoms with E-state index < -0.39 is 0 Å². The van der Waals surface area contributed by atoms with Crippen molar-refractivity contribution in [3.05, 3.63) is 48.0 Å². The van der Waals surface area contributed by atoms with E-state index in [1.165, 1.54) is 0 Å². The topological polar surface area (TPSA) is 68.8 Å². The minimum Gasteiger partial charge on any atom is -0.441 e. The number of benzene rings is 1. The zero-order valence-electron chi connectivity index (χ0n) is 13.2. The maximum atomic E-state index is 9.44. The van der Waals surface area contributed by atoms with Crippen LogP contribution in [0.25, 0.3) is 22.7 Å². The summed E-state index contributed by atoms with van der Waals surface area (Å²) in [6.45, 7) is 5.91. The van der Waals surface area contributed by atoms with Crippen molar-refractivity contribution in [2.75, 3.05) is 18.0 Å².